The molecule has 1 aliphatic heterocycles. The molecule has 0 spiro atoms. The third-order valence-electron chi connectivity index (χ3n) is 2.70. The molecule has 18 heavy (non-hydrogen) atoms. The number of methoxy groups -OCH3 is 1. The monoisotopic (exact) mass is 252 g/mol. The summed E-state index contributed by atoms with van der Waals surface area (Å²) in [6.07, 6.45) is 0. The van der Waals surface area contributed by atoms with Gasteiger partial charge in [0.25, 0.3) is 5.91 Å². The van der Waals surface area contributed by atoms with Crippen LogP contribution in [0.25, 0.3) is 0 Å². The summed E-state index contributed by atoms with van der Waals surface area (Å²) in [5.74, 6) is -1.02. The van der Waals surface area contributed by atoms with E-state index in [1.54, 1.807) is 6.07 Å². The molecule has 0 radical (unpaired) electrons. The summed E-state index contributed by atoms with van der Waals surface area (Å²) in [7, 11) is 1.51. The number of anilines is 1. The number of carbonyl (C=O) groups is 2. The number of halogens is 1. The van der Waals surface area contributed by atoms with Gasteiger partial charge < -0.3 is 9.64 Å². The fraction of sp³-hybridized carbons (Fsp3) is 0.333. The van der Waals surface area contributed by atoms with E-state index in [9.17, 15) is 14.0 Å². The van der Waals surface area contributed by atoms with Gasteiger partial charge in [-0.25, -0.2) is 14.1 Å². The highest BCUT2D eigenvalue weighted by Gasteiger charge is 2.37. The van der Waals surface area contributed by atoms with Gasteiger partial charge in [-0.15, -0.1) is 0 Å². The van der Waals surface area contributed by atoms with Crippen LogP contribution in [0.15, 0.2) is 24.3 Å². The maximum absolute atomic E-state index is 13.6. The molecule has 0 unspecified atom stereocenters. The molecule has 0 atom stereocenters. The van der Waals surface area contributed by atoms with Crippen molar-refractivity contribution in [1.29, 1.82) is 0 Å². The second-order valence-electron chi connectivity index (χ2n) is 3.88. The molecule has 1 aromatic rings. The molecular weight excluding hydrogens is 239 g/mol. The number of imide groups is 1. The Balaban J connectivity index is 2.22. The lowest BCUT2D eigenvalue weighted by Crippen LogP contribution is -2.35. The van der Waals surface area contributed by atoms with Crippen molar-refractivity contribution in [3.8, 4) is 0 Å². The van der Waals surface area contributed by atoms with Crippen LogP contribution in [0.2, 0.25) is 0 Å². The molecule has 3 amide bonds. The Kier molecular flexibility index (Phi) is 3.57. The Morgan fingerprint density at radius 2 is 2.06 bits per heavy atom. The van der Waals surface area contributed by atoms with E-state index in [-0.39, 0.29) is 12.2 Å². The van der Waals surface area contributed by atoms with Crippen molar-refractivity contribution in [2.75, 3.05) is 31.7 Å². The van der Waals surface area contributed by atoms with Crippen LogP contribution in [-0.2, 0) is 9.53 Å². The van der Waals surface area contributed by atoms with E-state index in [0.717, 1.165) is 4.90 Å². The molecule has 96 valence electrons. The van der Waals surface area contributed by atoms with Crippen LogP contribution in [0.5, 0.6) is 0 Å². The van der Waals surface area contributed by atoms with Crippen LogP contribution >= 0.6 is 0 Å². The fourth-order valence-electron chi connectivity index (χ4n) is 1.80. The Morgan fingerprint density at radius 3 is 2.72 bits per heavy atom. The van der Waals surface area contributed by atoms with Crippen LogP contribution in [0.1, 0.15) is 0 Å². The largest absolute Gasteiger partial charge is 0.383 e. The Morgan fingerprint density at radius 1 is 1.33 bits per heavy atom. The molecule has 0 bridgehead atoms. The summed E-state index contributed by atoms with van der Waals surface area (Å²) in [5.41, 5.74) is -0.00702. The van der Waals surface area contributed by atoms with E-state index >= 15 is 0 Å². The van der Waals surface area contributed by atoms with Crippen molar-refractivity contribution >= 4 is 17.6 Å². The minimum absolute atomic E-state index is 0.00702. The first-order valence-corrected chi connectivity index (χ1v) is 5.50. The number of urea groups is 1. The zero-order chi connectivity index (χ0) is 13.1. The number of benzene rings is 1. The standard InChI is InChI=1S/C12H13FN2O3/c1-18-7-6-14-8-11(16)15(12(14)17)10-5-3-2-4-9(10)13/h2-5H,6-8H2,1H3. The molecule has 1 heterocycles. The van der Waals surface area contributed by atoms with Crippen LogP contribution in [0.4, 0.5) is 14.9 Å². The van der Waals surface area contributed by atoms with Gasteiger partial charge in [-0.1, -0.05) is 12.1 Å². The first kappa shape index (κ1) is 12.5. The predicted molar refractivity (Wildman–Crippen MR) is 62.7 cm³/mol. The molecule has 5 nitrogen and oxygen atoms in total. The van der Waals surface area contributed by atoms with E-state index < -0.39 is 17.8 Å². The van der Waals surface area contributed by atoms with Crippen LogP contribution in [0, 0.1) is 5.82 Å². The van der Waals surface area contributed by atoms with Crippen molar-refractivity contribution < 1.29 is 18.7 Å². The van der Waals surface area contributed by atoms with Gasteiger partial charge in [-0.3, -0.25) is 4.79 Å². The van der Waals surface area contributed by atoms with Crippen molar-refractivity contribution in [2.24, 2.45) is 0 Å². The molecule has 0 aromatic heterocycles. The molecule has 1 aliphatic rings. The summed E-state index contributed by atoms with van der Waals surface area (Å²) in [6, 6.07) is 5.20. The second kappa shape index (κ2) is 5.14. The molecule has 1 saturated heterocycles. The summed E-state index contributed by atoms with van der Waals surface area (Å²) in [6.45, 7) is 0.604. The Bertz CT molecular complexity index is 478. The number of carbonyl (C=O) groups excluding carboxylic acids is 2. The average Bonchev–Trinajstić information content (AvgIpc) is 2.63. The van der Waals surface area contributed by atoms with Crippen LogP contribution < -0.4 is 4.90 Å². The molecule has 1 aromatic carbocycles. The van der Waals surface area contributed by atoms with Gasteiger partial charge in [0.2, 0.25) is 0 Å². The number of nitrogens with zero attached hydrogens (tertiary/aromatic N) is 2. The predicted octanol–water partition coefficient (Wildman–Crippen LogP) is 1.24. The van der Waals surface area contributed by atoms with Gasteiger partial charge in [-0.05, 0) is 12.1 Å². The summed E-state index contributed by atoms with van der Waals surface area (Å²) in [4.78, 5) is 25.9. The lowest BCUT2D eigenvalue weighted by Gasteiger charge is -2.17. The van der Waals surface area contributed by atoms with Gasteiger partial charge in [-0.2, -0.15) is 0 Å². The second-order valence-corrected chi connectivity index (χ2v) is 3.88. The molecule has 0 saturated carbocycles. The van der Waals surface area contributed by atoms with Crippen molar-refractivity contribution in [1.82, 2.24) is 4.90 Å². The van der Waals surface area contributed by atoms with Gasteiger partial charge in [0.1, 0.15) is 12.4 Å². The number of para-hydroxylation sites is 1. The summed E-state index contributed by atoms with van der Waals surface area (Å²) < 4.78 is 18.4. The topological polar surface area (TPSA) is 49.9 Å². The molecule has 2 rings (SSSR count). The third-order valence-corrected chi connectivity index (χ3v) is 2.70. The number of rotatable bonds is 4. The minimum Gasteiger partial charge on any atom is -0.383 e. The first-order chi connectivity index (χ1) is 8.65. The van der Waals surface area contributed by atoms with Gasteiger partial charge in [0.05, 0.1) is 12.3 Å². The summed E-state index contributed by atoms with van der Waals surface area (Å²) >= 11 is 0. The molecule has 0 N–H and O–H groups in total. The zero-order valence-corrected chi connectivity index (χ0v) is 9.93. The molecule has 6 heteroatoms. The van der Waals surface area contributed by atoms with Crippen molar-refractivity contribution in [3.05, 3.63) is 30.1 Å². The van der Waals surface area contributed by atoms with E-state index in [1.807, 2.05) is 0 Å². The molecular formula is C12H13FN2O3. The number of amides is 3. The smallest absolute Gasteiger partial charge is 0.332 e. The normalized spacial score (nSPS) is 15.7. The van der Waals surface area contributed by atoms with Crippen LogP contribution in [-0.4, -0.2) is 43.6 Å². The third kappa shape index (κ3) is 2.19. The number of hydrogen-bond donors (Lipinski definition) is 0. The average molecular weight is 252 g/mol. The minimum atomic E-state index is -0.590. The summed E-state index contributed by atoms with van der Waals surface area (Å²) in [5, 5.41) is 0. The van der Waals surface area contributed by atoms with E-state index in [2.05, 4.69) is 0 Å². The van der Waals surface area contributed by atoms with Gasteiger partial charge in [0.15, 0.2) is 0 Å². The van der Waals surface area contributed by atoms with E-state index in [4.69, 9.17) is 4.74 Å². The lowest BCUT2D eigenvalue weighted by atomic mass is 10.3. The SMILES string of the molecule is COCCN1CC(=O)N(c2ccccc2F)C1=O. The van der Waals surface area contributed by atoms with Gasteiger partial charge in [0, 0.05) is 13.7 Å². The maximum Gasteiger partial charge on any atom is 0.332 e. The zero-order valence-electron chi connectivity index (χ0n) is 9.93. The molecule has 1 fully saturated rings. The van der Waals surface area contributed by atoms with Crippen molar-refractivity contribution in [3.63, 3.8) is 0 Å². The maximum atomic E-state index is 13.6. The van der Waals surface area contributed by atoms with Crippen molar-refractivity contribution in [2.45, 2.75) is 0 Å². The highest BCUT2D eigenvalue weighted by Crippen LogP contribution is 2.23. The van der Waals surface area contributed by atoms with Crippen LogP contribution in [0.3, 0.4) is 0 Å². The first-order valence-electron chi connectivity index (χ1n) is 5.50. The number of hydrogen-bond acceptors (Lipinski definition) is 3. The lowest BCUT2D eigenvalue weighted by molar-refractivity contribution is -0.116. The number of ether oxygens (including phenoxy) is 1. The van der Waals surface area contributed by atoms with Gasteiger partial charge >= 0.3 is 6.03 Å². The quantitative estimate of drug-likeness (QED) is 0.757. The van der Waals surface area contributed by atoms with E-state index in [1.165, 1.54) is 30.2 Å². The Labute approximate surface area is 104 Å². The fourth-order valence-corrected chi connectivity index (χ4v) is 1.80. The van der Waals surface area contributed by atoms with E-state index in [0.29, 0.717) is 13.2 Å². The molecule has 0 aliphatic carbocycles. The highest BCUT2D eigenvalue weighted by atomic mass is 19.1. The Hall–Kier alpha value is -1.95. The highest BCUT2D eigenvalue weighted by molar-refractivity contribution is 6.19.